The Morgan fingerprint density at radius 1 is 1.05 bits per heavy atom. The van der Waals surface area contributed by atoms with Gasteiger partial charge in [0.1, 0.15) is 0 Å². The molecule has 0 heterocycles. The van der Waals surface area contributed by atoms with Crippen molar-refractivity contribution in [2.24, 2.45) is 10.7 Å². The molecule has 0 aromatic carbocycles. The van der Waals surface area contributed by atoms with E-state index in [1.807, 2.05) is 0 Å². The number of hydrogen-bond acceptors (Lipinski definition) is 1. The van der Waals surface area contributed by atoms with Gasteiger partial charge in [0, 0.05) is 19.6 Å². The number of rotatable bonds is 10. The number of guanidine groups is 1. The molecule has 0 unspecified atom stereocenters. The van der Waals surface area contributed by atoms with Crippen molar-refractivity contribution in [3.05, 3.63) is 0 Å². The molecule has 1 aliphatic rings. The standard InChI is InChI=1S/C15H31N3.HI/c1-3-4-5-6-7-8-9-10-13-17-15(16)18(2)14-11-12-14;/h14H,3-13H2,1-2H3,(H2,16,17);1H. The van der Waals surface area contributed by atoms with E-state index in [9.17, 15) is 0 Å². The molecular formula is C15H32IN3. The Balaban J connectivity index is 0.00000324. The Kier molecular flexibility index (Phi) is 11.8. The Morgan fingerprint density at radius 3 is 2.11 bits per heavy atom. The SMILES string of the molecule is CCCCCCCCCCN=C(N)N(C)C1CC1.I. The summed E-state index contributed by atoms with van der Waals surface area (Å²) in [5, 5.41) is 0. The summed E-state index contributed by atoms with van der Waals surface area (Å²) in [6.07, 6.45) is 13.4. The van der Waals surface area contributed by atoms with E-state index in [1.165, 1.54) is 64.2 Å². The molecule has 2 N–H and O–H groups in total. The summed E-state index contributed by atoms with van der Waals surface area (Å²) in [5.74, 6) is 0.737. The van der Waals surface area contributed by atoms with E-state index in [1.54, 1.807) is 0 Å². The van der Waals surface area contributed by atoms with Crippen molar-refractivity contribution in [1.82, 2.24) is 4.90 Å². The fourth-order valence-corrected chi connectivity index (χ4v) is 2.20. The highest BCUT2D eigenvalue weighted by Gasteiger charge is 2.27. The predicted octanol–water partition coefficient (Wildman–Crippen LogP) is 4.15. The second-order valence-corrected chi connectivity index (χ2v) is 5.56. The van der Waals surface area contributed by atoms with Gasteiger partial charge in [0.15, 0.2) is 5.96 Å². The van der Waals surface area contributed by atoms with Crippen LogP contribution in [0.25, 0.3) is 0 Å². The van der Waals surface area contributed by atoms with Crippen molar-refractivity contribution in [2.45, 2.75) is 77.2 Å². The van der Waals surface area contributed by atoms with Crippen LogP contribution in [0.3, 0.4) is 0 Å². The Morgan fingerprint density at radius 2 is 1.58 bits per heavy atom. The Bertz CT molecular complexity index is 240. The second-order valence-electron chi connectivity index (χ2n) is 5.56. The third-order valence-corrected chi connectivity index (χ3v) is 3.74. The van der Waals surface area contributed by atoms with Gasteiger partial charge in [-0.05, 0) is 19.3 Å². The summed E-state index contributed by atoms with van der Waals surface area (Å²) in [6, 6.07) is 0.673. The molecule has 1 aliphatic carbocycles. The zero-order valence-electron chi connectivity index (χ0n) is 12.7. The molecule has 0 spiro atoms. The van der Waals surface area contributed by atoms with Crippen LogP contribution in [0, 0.1) is 0 Å². The lowest BCUT2D eigenvalue weighted by Gasteiger charge is -2.16. The topological polar surface area (TPSA) is 41.6 Å². The lowest BCUT2D eigenvalue weighted by Crippen LogP contribution is -2.35. The van der Waals surface area contributed by atoms with Gasteiger partial charge in [-0.2, -0.15) is 0 Å². The fourth-order valence-electron chi connectivity index (χ4n) is 2.20. The van der Waals surface area contributed by atoms with Crippen molar-refractivity contribution in [3.8, 4) is 0 Å². The van der Waals surface area contributed by atoms with E-state index < -0.39 is 0 Å². The van der Waals surface area contributed by atoms with Crippen molar-refractivity contribution in [3.63, 3.8) is 0 Å². The lowest BCUT2D eigenvalue weighted by atomic mass is 10.1. The molecule has 19 heavy (non-hydrogen) atoms. The highest BCUT2D eigenvalue weighted by Crippen LogP contribution is 2.24. The zero-order valence-corrected chi connectivity index (χ0v) is 15.1. The Hall–Kier alpha value is 0. The van der Waals surface area contributed by atoms with Crippen LogP contribution in [0.5, 0.6) is 0 Å². The minimum Gasteiger partial charge on any atom is -0.370 e. The van der Waals surface area contributed by atoms with E-state index >= 15 is 0 Å². The molecule has 0 aromatic rings. The molecule has 1 rings (SSSR count). The van der Waals surface area contributed by atoms with Gasteiger partial charge < -0.3 is 10.6 Å². The molecule has 0 aromatic heterocycles. The molecule has 4 heteroatoms. The van der Waals surface area contributed by atoms with Gasteiger partial charge in [-0.25, -0.2) is 0 Å². The zero-order chi connectivity index (χ0) is 13.2. The van der Waals surface area contributed by atoms with E-state index in [-0.39, 0.29) is 24.0 Å². The van der Waals surface area contributed by atoms with Crippen molar-refractivity contribution in [2.75, 3.05) is 13.6 Å². The lowest BCUT2D eigenvalue weighted by molar-refractivity contribution is 0.486. The number of unbranched alkanes of at least 4 members (excludes halogenated alkanes) is 7. The van der Waals surface area contributed by atoms with E-state index in [0.717, 1.165) is 12.5 Å². The third kappa shape index (κ3) is 9.52. The van der Waals surface area contributed by atoms with Gasteiger partial charge in [-0.3, -0.25) is 4.99 Å². The van der Waals surface area contributed by atoms with Gasteiger partial charge in [0.2, 0.25) is 0 Å². The van der Waals surface area contributed by atoms with Crippen LogP contribution in [0.1, 0.15) is 71.1 Å². The van der Waals surface area contributed by atoms with Crippen LogP contribution < -0.4 is 5.73 Å². The molecule has 3 nitrogen and oxygen atoms in total. The minimum absolute atomic E-state index is 0. The van der Waals surface area contributed by atoms with E-state index in [2.05, 4.69) is 23.9 Å². The van der Waals surface area contributed by atoms with Gasteiger partial charge >= 0.3 is 0 Å². The summed E-state index contributed by atoms with van der Waals surface area (Å²) in [5.41, 5.74) is 5.93. The molecular weight excluding hydrogens is 349 g/mol. The molecule has 0 saturated heterocycles. The Labute approximate surface area is 136 Å². The van der Waals surface area contributed by atoms with Gasteiger partial charge in [0.05, 0.1) is 0 Å². The first-order valence-electron chi connectivity index (χ1n) is 7.78. The highest BCUT2D eigenvalue weighted by molar-refractivity contribution is 14.0. The number of nitrogens with zero attached hydrogens (tertiary/aromatic N) is 2. The quantitative estimate of drug-likeness (QED) is 0.267. The van der Waals surface area contributed by atoms with Gasteiger partial charge in [0.25, 0.3) is 0 Å². The number of nitrogens with two attached hydrogens (primary N) is 1. The maximum atomic E-state index is 5.93. The molecule has 0 bridgehead atoms. The number of aliphatic imine (C=N–C) groups is 1. The van der Waals surface area contributed by atoms with E-state index in [0.29, 0.717) is 6.04 Å². The van der Waals surface area contributed by atoms with Gasteiger partial charge in [-0.1, -0.05) is 51.9 Å². The van der Waals surface area contributed by atoms with Crippen molar-refractivity contribution >= 4 is 29.9 Å². The molecule has 1 saturated carbocycles. The van der Waals surface area contributed by atoms with Crippen LogP contribution in [0.2, 0.25) is 0 Å². The second kappa shape index (κ2) is 11.8. The molecule has 1 fully saturated rings. The normalized spacial score (nSPS) is 15.2. The average molecular weight is 381 g/mol. The van der Waals surface area contributed by atoms with Crippen molar-refractivity contribution in [1.29, 1.82) is 0 Å². The van der Waals surface area contributed by atoms with Crippen LogP contribution in [0.15, 0.2) is 4.99 Å². The summed E-state index contributed by atoms with van der Waals surface area (Å²) in [7, 11) is 2.06. The molecule has 0 amide bonds. The molecule has 0 radical (unpaired) electrons. The van der Waals surface area contributed by atoms with Crippen LogP contribution >= 0.6 is 24.0 Å². The molecule has 0 atom stereocenters. The highest BCUT2D eigenvalue weighted by atomic mass is 127. The summed E-state index contributed by atoms with van der Waals surface area (Å²) < 4.78 is 0. The third-order valence-electron chi connectivity index (χ3n) is 3.74. The summed E-state index contributed by atoms with van der Waals surface area (Å²) >= 11 is 0. The van der Waals surface area contributed by atoms with Crippen molar-refractivity contribution < 1.29 is 0 Å². The van der Waals surface area contributed by atoms with Crippen LogP contribution in [-0.2, 0) is 0 Å². The first kappa shape index (κ1) is 19.0. The minimum atomic E-state index is 0. The first-order valence-corrected chi connectivity index (χ1v) is 7.78. The number of hydrogen-bond donors (Lipinski definition) is 1. The first-order chi connectivity index (χ1) is 8.75. The maximum absolute atomic E-state index is 5.93. The monoisotopic (exact) mass is 381 g/mol. The van der Waals surface area contributed by atoms with Crippen LogP contribution in [-0.4, -0.2) is 30.5 Å². The maximum Gasteiger partial charge on any atom is 0.191 e. The summed E-state index contributed by atoms with van der Waals surface area (Å²) in [4.78, 5) is 6.58. The fraction of sp³-hybridized carbons (Fsp3) is 0.933. The average Bonchev–Trinajstić information content (AvgIpc) is 3.20. The van der Waals surface area contributed by atoms with Gasteiger partial charge in [-0.15, -0.1) is 24.0 Å². The van der Waals surface area contributed by atoms with Crippen LogP contribution in [0.4, 0.5) is 0 Å². The number of halogens is 1. The smallest absolute Gasteiger partial charge is 0.191 e. The van der Waals surface area contributed by atoms with E-state index in [4.69, 9.17) is 5.73 Å². The molecule has 114 valence electrons. The largest absolute Gasteiger partial charge is 0.370 e. The predicted molar refractivity (Wildman–Crippen MR) is 95.3 cm³/mol. The summed E-state index contributed by atoms with van der Waals surface area (Å²) in [6.45, 7) is 3.17. The molecule has 0 aliphatic heterocycles.